The summed E-state index contributed by atoms with van der Waals surface area (Å²) >= 11 is 0. The molecule has 3 aromatic heterocycles. The first kappa shape index (κ1) is 22.6. The molecule has 1 aromatic carbocycles. The van der Waals surface area contributed by atoms with Crippen molar-refractivity contribution in [3.8, 4) is 11.3 Å². The zero-order valence-corrected chi connectivity index (χ0v) is 20.6. The number of rotatable bonds is 6. The Morgan fingerprint density at radius 2 is 2.03 bits per heavy atom. The third-order valence-electron chi connectivity index (χ3n) is 7.27. The van der Waals surface area contributed by atoms with Gasteiger partial charge < -0.3 is 10.3 Å². The summed E-state index contributed by atoms with van der Waals surface area (Å²) in [5.74, 6) is 1.00. The minimum Gasteiger partial charge on any atom is -0.358 e. The summed E-state index contributed by atoms with van der Waals surface area (Å²) in [4.78, 5) is 22.1. The number of aryl methyl sites for hydroxylation is 1. The van der Waals surface area contributed by atoms with Gasteiger partial charge in [-0.05, 0) is 79.1 Å². The van der Waals surface area contributed by atoms with E-state index in [4.69, 9.17) is 0 Å². The van der Waals surface area contributed by atoms with Crippen molar-refractivity contribution in [2.24, 2.45) is 0 Å². The van der Waals surface area contributed by atoms with Crippen LogP contribution in [-0.2, 0) is 11.2 Å². The molecule has 0 unspecified atom stereocenters. The first-order valence-electron chi connectivity index (χ1n) is 12.4. The number of H-pyrrole nitrogens is 1. The van der Waals surface area contributed by atoms with Gasteiger partial charge in [0.15, 0.2) is 5.65 Å². The van der Waals surface area contributed by atoms with E-state index in [1.54, 1.807) is 13.4 Å². The van der Waals surface area contributed by atoms with Crippen molar-refractivity contribution >= 4 is 22.5 Å². The number of carbonyl (C=O) groups is 1. The molecule has 0 atom stereocenters. The molecule has 4 aromatic rings. The molecule has 1 aliphatic rings. The number of carbonyl (C=O) groups excluding carboxylic acids is 1. The van der Waals surface area contributed by atoms with Gasteiger partial charge in [0.25, 0.3) is 0 Å². The number of fused-ring (bicyclic) bond motifs is 2. The lowest BCUT2D eigenvalue weighted by molar-refractivity contribution is -0.122. The number of hydrogen-bond donors (Lipinski definition) is 2. The number of pyridine rings is 1. The molecule has 1 amide bonds. The van der Waals surface area contributed by atoms with Crippen LogP contribution in [0.2, 0.25) is 0 Å². The molecule has 34 heavy (non-hydrogen) atoms. The summed E-state index contributed by atoms with van der Waals surface area (Å²) in [5.41, 5.74) is 8.40. The Bertz CT molecular complexity index is 1330. The molecule has 0 radical (unpaired) electrons. The number of benzene rings is 1. The summed E-state index contributed by atoms with van der Waals surface area (Å²) < 4.78 is 1.89. The SMILES string of the molecule is CCc1cc(-c2[nH]c3ccc(C4CCN(CC(=O)NC)CC4)cc3c2C(C)C)cn2ncnc12. The van der Waals surface area contributed by atoms with Crippen molar-refractivity contribution < 1.29 is 4.79 Å². The van der Waals surface area contributed by atoms with Gasteiger partial charge in [-0.2, -0.15) is 5.10 Å². The van der Waals surface area contributed by atoms with Gasteiger partial charge in [0.2, 0.25) is 5.91 Å². The molecule has 2 N–H and O–H groups in total. The third kappa shape index (κ3) is 4.09. The van der Waals surface area contributed by atoms with Crippen molar-refractivity contribution in [3.63, 3.8) is 0 Å². The molecule has 7 heteroatoms. The second-order valence-corrected chi connectivity index (χ2v) is 9.73. The Balaban J connectivity index is 1.49. The fourth-order valence-corrected chi connectivity index (χ4v) is 5.41. The van der Waals surface area contributed by atoms with Crippen molar-refractivity contribution in [2.45, 2.75) is 51.9 Å². The Morgan fingerprint density at radius 1 is 1.24 bits per heavy atom. The van der Waals surface area contributed by atoms with Crippen LogP contribution in [-0.4, -0.2) is 57.1 Å². The smallest absolute Gasteiger partial charge is 0.233 e. The van der Waals surface area contributed by atoms with E-state index >= 15 is 0 Å². The van der Waals surface area contributed by atoms with E-state index in [-0.39, 0.29) is 5.91 Å². The van der Waals surface area contributed by atoms with Gasteiger partial charge in [0.1, 0.15) is 6.33 Å². The third-order valence-corrected chi connectivity index (χ3v) is 7.27. The molecular formula is C27H34N6O. The van der Waals surface area contributed by atoms with Crippen LogP contribution in [0.25, 0.3) is 27.8 Å². The van der Waals surface area contributed by atoms with Crippen LogP contribution in [0.15, 0.2) is 36.8 Å². The zero-order chi connectivity index (χ0) is 23.8. The van der Waals surface area contributed by atoms with Crippen molar-refractivity contribution in [1.29, 1.82) is 0 Å². The molecule has 7 nitrogen and oxygen atoms in total. The van der Waals surface area contributed by atoms with Gasteiger partial charge in [0.05, 0.1) is 12.2 Å². The molecule has 178 valence electrons. The molecule has 0 aliphatic carbocycles. The van der Waals surface area contributed by atoms with Crippen LogP contribution < -0.4 is 5.32 Å². The second-order valence-electron chi connectivity index (χ2n) is 9.73. The summed E-state index contributed by atoms with van der Waals surface area (Å²) in [5, 5.41) is 8.45. The molecule has 4 heterocycles. The summed E-state index contributed by atoms with van der Waals surface area (Å²) in [7, 11) is 1.70. The number of likely N-dealkylation sites (tertiary alicyclic amines) is 1. The van der Waals surface area contributed by atoms with E-state index in [1.807, 2.05) is 4.52 Å². The predicted octanol–water partition coefficient (Wildman–Crippen LogP) is 4.49. The number of nitrogens with one attached hydrogen (secondary N) is 2. The number of aromatic amines is 1. The summed E-state index contributed by atoms with van der Waals surface area (Å²) in [6.07, 6.45) is 6.79. The highest BCUT2D eigenvalue weighted by atomic mass is 16.1. The van der Waals surface area contributed by atoms with Crippen molar-refractivity contribution in [2.75, 3.05) is 26.7 Å². The first-order chi connectivity index (χ1) is 16.5. The quantitative estimate of drug-likeness (QED) is 0.446. The van der Waals surface area contributed by atoms with Gasteiger partial charge in [-0.3, -0.25) is 9.69 Å². The Hall–Kier alpha value is -3.19. The Kier molecular flexibility index (Phi) is 6.13. The highest BCUT2D eigenvalue weighted by Gasteiger charge is 2.24. The summed E-state index contributed by atoms with van der Waals surface area (Å²) in [6, 6.07) is 9.18. The Labute approximate surface area is 200 Å². The number of aromatic nitrogens is 4. The highest BCUT2D eigenvalue weighted by molar-refractivity contribution is 5.92. The monoisotopic (exact) mass is 458 g/mol. The minimum absolute atomic E-state index is 0.0941. The van der Waals surface area contributed by atoms with Gasteiger partial charge in [0, 0.05) is 29.7 Å². The summed E-state index contributed by atoms with van der Waals surface area (Å²) in [6.45, 7) is 9.12. The van der Waals surface area contributed by atoms with Crippen molar-refractivity contribution in [3.05, 3.63) is 53.5 Å². The molecule has 1 saturated heterocycles. The number of nitrogens with zero attached hydrogens (tertiary/aromatic N) is 4. The maximum absolute atomic E-state index is 11.7. The highest BCUT2D eigenvalue weighted by Crippen LogP contribution is 2.38. The Morgan fingerprint density at radius 3 is 2.74 bits per heavy atom. The normalized spacial score (nSPS) is 15.6. The number of hydrogen-bond acceptors (Lipinski definition) is 4. The fraction of sp³-hybridized carbons (Fsp3) is 0.444. The van der Waals surface area contributed by atoms with E-state index in [1.165, 1.54) is 33.3 Å². The number of likely N-dealkylation sites (N-methyl/N-ethyl adjacent to an activating group) is 1. The van der Waals surface area contributed by atoms with Crippen LogP contribution in [0.3, 0.4) is 0 Å². The largest absolute Gasteiger partial charge is 0.358 e. The molecular weight excluding hydrogens is 424 g/mol. The molecule has 1 aliphatic heterocycles. The molecule has 0 bridgehead atoms. The van der Waals surface area contributed by atoms with Gasteiger partial charge in [-0.15, -0.1) is 0 Å². The lowest BCUT2D eigenvalue weighted by atomic mass is 9.87. The molecule has 5 rings (SSSR count). The van der Waals surface area contributed by atoms with Gasteiger partial charge in [-0.25, -0.2) is 9.50 Å². The number of amides is 1. The van der Waals surface area contributed by atoms with Crippen LogP contribution >= 0.6 is 0 Å². The molecule has 1 fully saturated rings. The van der Waals surface area contributed by atoms with E-state index in [0.717, 1.165) is 43.6 Å². The van der Waals surface area contributed by atoms with E-state index < -0.39 is 0 Å². The average molecular weight is 459 g/mol. The van der Waals surface area contributed by atoms with Crippen LogP contribution in [0, 0.1) is 0 Å². The lowest BCUT2D eigenvalue weighted by Crippen LogP contribution is -2.40. The fourth-order valence-electron chi connectivity index (χ4n) is 5.41. The van der Waals surface area contributed by atoms with Crippen LogP contribution in [0.1, 0.15) is 62.1 Å². The average Bonchev–Trinajstić information content (AvgIpc) is 3.48. The van der Waals surface area contributed by atoms with Crippen LogP contribution in [0.5, 0.6) is 0 Å². The van der Waals surface area contributed by atoms with E-state index in [9.17, 15) is 4.79 Å². The molecule has 0 saturated carbocycles. The molecule has 0 spiro atoms. The van der Waals surface area contributed by atoms with E-state index in [2.05, 4.69) is 76.5 Å². The van der Waals surface area contributed by atoms with Crippen LogP contribution in [0.4, 0.5) is 0 Å². The maximum Gasteiger partial charge on any atom is 0.233 e. The topological polar surface area (TPSA) is 78.3 Å². The standard InChI is InChI=1S/C27H34N6O/c1-5-18-12-21(14-33-27(18)29-16-30-33)26-25(17(2)3)22-13-20(6-7-23(22)31-26)19-8-10-32(11-9-19)15-24(34)28-4/h6-7,12-14,16-17,19,31H,5,8-11,15H2,1-4H3,(H,28,34). The lowest BCUT2D eigenvalue weighted by Gasteiger charge is -2.31. The number of piperidine rings is 1. The predicted molar refractivity (Wildman–Crippen MR) is 136 cm³/mol. The van der Waals surface area contributed by atoms with Crippen molar-refractivity contribution in [1.82, 2.24) is 29.8 Å². The van der Waals surface area contributed by atoms with Gasteiger partial charge in [-0.1, -0.05) is 26.8 Å². The first-order valence-corrected chi connectivity index (χ1v) is 12.4. The zero-order valence-electron chi connectivity index (χ0n) is 20.6. The minimum atomic E-state index is 0.0941. The van der Waals surface area contributed by atoms with E-state index in [0.29, 0.717) is 18.4 Å². The second kappa shape index (κ2) is 9.22. The van der Waals surface area contributed by atoms with Gasteiger partial charge >= 0.3 is 0 Å². The maximum atomic E-state index is 11.7.